The molecule has 1 aliphatic carbocycles. The molecular formula is C18H19FN2O. The van der Waals surface area contributed by atoms with Crippen molar-refractivity contribution in [3.05, 3.63) is 59.4 Å². The van der Waals surface area contributed by atoms with E-state index in [2.05, 4.69) is 16.7 Å². The van der Waals surface area contributed by atoms with Crippen LogP contribution in [-0.4, -0.2) is 12.5 Å². The SMILES string of the molecule is O=C(CNc1cccc2c1CCCC2)Nc1ccc(F)cc1. The van der Waals surface area contributed by atoms with Crippen molar-refractivity contribution in [1.29, 1.82) is 0 Å². The van der Waals surface area contributed by atoms with Crippen LogP contribution in [0.3, 0.4) is 0 Å². The van der Waals surface area contributed by atoms with Gasteiger partial charge >= 0.3 is 0 Å². The molecule has 0 aromatic heterocycles. The summed E-state index contributed by atoms with van der Waals surface area (Å²) in [6.07, 6.45) is 4.62. The summed E-state index contributed by atoms with van der Waals surface area (Å²) in [5.74, 6) is -0.452. The summed E-state index contributed by atoms with van der Waals surface area (Å²) in [6.45, 7) is 0.202. The molecule has 4 heteroatoms. The zero-order valence-corrected chi connectivity index (χ0v) is 12.4. The summed E-state index contributed by atoms with van der Waals surface area (Å²) in [5, 5.41) is 5.97. The zero-order chi connectivity index (χ0) is 15.4. The number of rotatable bonds is 4. The molecule has 2 aromatic rings. The maximum Gasteiger partial charge on any atom is 0.243 e. The molecule has 0 atom stereocenters. The third-order valence-electron chi connectivity index (χ3n) is 3.96. The van der Waals surface area contributed by atoms with Gasteiger partial charge in [0.1, 0.15) is 5.82 Å². The number of hydrogen-bond donors (Lipinski definition) is 2. The van der Waals surface area contributed by atoms with Crippen molar-refractivity contribution in [2.45, 2.75) is 25.7 Å². The second kappa shape index (κ2) is 6.60. The average molecular weight is 298 g/mol. The highest BCUT2D eigenvalue weighted by Gasteiger charge is 2.13. The van der Waals surface area contributed by atoms with Crippen LogP contribution in [0.15, 0.2) is 42.5 Å². The Bertz CT molecular complexity index is 667. The first-order valence-corrected chi connectivity index (χ1v) is 7.62. The first-order chi connectivity index (χ1) is 10.7. The van der Waals surface area contributed by atoms with Gasteiger partial charge in [0, 0.05) is 11.4 Å². The first-order valence-electron chi connectivity index (χ1n) is 7.62. The lowest BCUT2D eigenvalue weighted by Crippen LogP contribution is -2.22. The third-order valence-corrected chi connectivity index (χ3v) is 3.96. The Hall–Kier alpha value is -2.36. The van der Waals surface area contributed by atoms with Gasteiger partial charge < -0.3 is 10.6 Å². The Morgan fingerprint density at radius 3 is 2.64 bits per heavy atom. The predicted octanol–water partition coefficient (Wildman–Crippen LogP) is 3.76. The van der Waals surface area contributed by atoms with Gasteiger partial charge in [0.15, 0.2) is 0 Å². The Morgan fingerprint density at radius 1 is 1.05 bits per heavy atom. The predicted molar refractivity (Wildman–Crippen MR) is 86.6 cm³/mol. The van der Waals surface area contributed by atoms with Gasteiger partial charge in [-0.3, -0.25) is 4.79 Å². The van der Waals surface area contributed by atoms with Gasteiger partial charge in [0.05, 0.1) is 6.54 Å². The number of hydrogen-bond acceptors (Lipinski definition) is 2. The minimum Gasteiger partial charge on any atom is -0.376 e. The van der Waals surface area contributed by atoms with Crippen molar-refractivity contribution >= 4 is 17.3 Å². The van der Waals surface area contributed by atoms with Crippen LogP contribution >= 0.6 is 0 Å². The molecule has 0 heterocycles. The van der Waals surface area contributed by atoms with Gasteiger partial charge in [-0.05, 0) is 67.1 Å². The molecule has 1 aliphatic rings. The Balaban J connectivity index is 1.60. The molecule has 0 bridgehead atoms. The van der Waals surface area contributed by atoms with E-state index in [1.54, 1.807) is 12.1 Å². The number of nitrogens with one attached hydrogen (secondary N) is 2. The molecule has 3 rings (SSSR count). The highest BCUT2D eigenvalue weighted by atomic mass is 19.1. The van der Waals surface area contributed by atoms with Crippen LogP contribution < -0.4 is 10.6 Å². The maximum atomic E-state index is 12.8. The molecule has 0 radical (unpaired) electrons. The number of anilines is 2. The summed E-state index contributed by atoms with van der Waals surface area (Å²) in [7, 11) is 0. The van der Waals surface area contributed by atoms with Gasteiger partial charge in [0.25, 0.3) is 0 Å². The molecule has 0 saturated heterocycles. The standard InChI is InChI=1S/C18H19FN2O/c19-14-8-10-15(11-9-14)21-18(22)12-20-17-7-3-5-13-4-1-2-6-16(13)17/h3,5,7-11,20H,1-2,4,6,12H2,(H,21,22). The van der Waals surface area contributed by atoms with Crippen molar-refractivity contribution in [3.8, 4) is 0 Å². The molecule has 3 nitrogen and oxygen atoms in total. The van der Waals surface area contributed by atoms with E-state index < -0.39 is 0 Å². The number of fused-ring (bicyclic) bond motifs is 1. The monoisotopic (exact) mass is 298 g/mol. The Kier molecular flexibility index (Phi) is 4.37. The van der Waals surface area contributed by atoms with Crippen molar-refractivity contribution in [2.75, 3.05) is 17.2 Å². The van der Waals surface area contributed by atoms with Crippen LogP contribution in [0.5, 0.6) is 0 Å². The van der Waals surface area contributed by atoms with Crippen molar-refractivity contribution in [1.82, 2.24) is 0 Å². The molecule has 0 saturated carbocycles. The van der Waals surface area contributed by atoms with E-state index in [-0.39, 0.29) is 18.3 Å². The second-order valence-electron chi connectivity index (χ2n) is 5.56. The van der Waals surface area contributed by atoms with Crippen molar-refractivity contribution in [3.63, 3.8) is 0 Å². The van der Waals surface area contributed by atoms with E-state index >= 15 is 0 Å². The minimum absolute atomic E-state index is 0.139. The maximum absolute atomic E-state index is 12.8. The number of aryl methyl sites for hydroxylation is 1. The fourth-order valence-electron chi connectivity index (χ4n) is 2.86. The summed E-state index contributed by atoms with van der Waals surface area (Å²) in [6, 6.07) is 12.0. The van der Waals surface area contributed by atoms with E-state index in [1.165, 1.54) is 36.1 Å². The molecule has 0 aliphatic heterocycles. The number of halogens is 1. The zero-order valence-electron chi connectivity index (χ0n) is 12.4. The van der Waals surface area contributed by atoms with E-state index in [4.69, 9.17) is 0 Å². The van der Waals surface area contributed by atoms with Crippen molar-refractivity contribution in [2.24, 2.45) is 0 Å². The largest absolute Gasteiger partial charge is 0.376 e. The lowest BCUT2D eigenvalue weighted by atomic mass is 9.90. The Labute approximate surface area is 129 Å². The summed E-state index contributed by atoms with van der Waals surface area (Å²) >= 11 is 0. The van der Waals surface area contributed by atoms with Gasteiger partial charge in [-0.1, -0.05) is 12.1 Å². The number of benzene rings is 2. The minimum atomic E-state index is -0.313. The molecule has 114 valence electrons. The highest BCUT2D eigenvalue weighted by molar-refractivity contribution is 5.93. The van der Waals surface area contributed by atoms with Crippen LogP contribution in [0.25, 0.3) is 0 Å². The molecule has 1 amide bonds. The van der Waals surface area contributed by atoms with Crippen LogP contribution in [-0.2, 0) is 17.6 Å². The van der Waals surface area contributed by atoms with Gasteiger partial charge in [-0.25, -0.2) is 4.39 Å². The fraction of sp³-hybridized carbons (Fsp3) is 0.278. The second-order valence-corrected chi connectivity index (χ2v) is 5.56. The van der Waals surface area contributed by atoms with Crippen LogP contribution in [0.1, 0.15) is 24.0 Å². The number of amides is 1. The molecule has 0 spiro atoms. The van der Waals surface area contributed by atoms with E-state index in [0.717, 1.165) is 18.5 Å². The molecule has 2 N–H and O–H groups in total. The van der Waals surface area contributed by atoms with Crippen LogP contribution in [0.4, 0.5) is 15.8 Å². The molecule has 0 fully saturated rings. The first kappa shape index (κ1) is 14.6. The quantitative estimate of drug-likeness (QED) is 0.902. The molecular weight excluding hydrogens is 279 g/mol. The molecule has 0 unspecified atom stereocenters. The van der Waals surface area contributed by atoms with Crippen LogP contribution in [0.2, 0.25) is 0 Å². The van der Waals surface area contributed by atoms with Gasteiger partial charge in [-0.2, -0.15) is 0 Å². The van der Waals surface area contributed by atoms with E-state index in [1.807, 2.05) is 12.1 Å². The average Bonchev–Trinajstić information content (AvgIpc) is 2.55. The topological polar surface area (TPSA) is 41.1 Å². The third kappa shape index (κ3) is 3.45. The lowest BCUT2D eigenvalue weighted by molar-refractivity contribution is -0.114. The summed E-state index contributed by atoms with van der Waals surface area (Å²) in [5.41, 5.74) is 4.37. The van der Waals surface area contributed by atoms with Crippen molar-refractivity contribution < 1.29 is 9.18 Å². The molecule has 2 aromatic carbocycles. The van der Waals surface area contributed by atoms with Gasteiger partial charge in [-0.15, -0.1) is 0 Å². The van der Waals surface area contributed by atoms with Crippen LogP contribution in [0, 0.1) is 5.82 Å². The number of carbonyl (C=O) groups is 1. The lowest BCUT2D eigenvalue weighted by Gasteiger charge is -2.20. The normalized spacial score (nSPS) is 13.3. The van der Waals surface area contributed by atoms with E-state index in [0.29, 0.717) is 5.69 Å². The fourth-order valence-corrected chi connectivity index (χ4v) is 2.86. The number of carbonyl (C=O) groups excluding carboxylic acids is 1. The Morgan fingerprint density at radius 2 is 1.82 bits per heavy atom. The summed E-state index contributed by atoms with van der Waals surface area (Å²) in [4.78, 5) is 12.0. The smallest absolute Gasteiger partial charge is 0.243 e. The summed E-state index contributed by atoms with van der Waals surface area (Å²) < 4.78 is 12.8. The molecule has 22 heavy (non-hydrogen) atoms. The van der Waals surface area contributed by atoms with E-state index in [9.17, 15) is 9.18 Å². The van der Waals surface area contributed by atoms with Gasteiger partial charge in [0.2, 0.25) is 5.91 Å². The highest BCUT2D eigenvalue weighted by Crippen LogP contribution is 2.27.